The summed E-state index contributed by atoms with van der Waals surface area (Å²) in [5.74, 6) is 1.01. The predicted octanol–water partition coefficient (Wildman–Crippen LogP) is 13.4. The quantitative estimate of drug-likeness (QED) is 0.193. The van der Waals surface area contributed by atoms with Crippen molar-refractivity contribution in [1.29, 1.82) is 0 Å². The molecule has 6 rings (SSSR count). The number of ether oxygens (including phenoxy) is 1. The third kappa shape index (κ3) is 6.09. The lowest BCUT2D eigenvalue weighted by Gasteiger charge is -2.40. The molecule has 0 bridgehead atoms. The van der Waals surface area contributed by atoms with Gasteiger partial charge in [-0.2, -0.15) is 0 Å². The minimum absolute atomic E-state index is 0.0421. The molecule has 0 saturated carbocycles. The summed E-state index contributed by atoms with van der Waals surface area (Å²) in [6.07, 6.45) is 5.03. The van der Waals surface area contributed by atoms with E-state index in [1.165, 1.54) is 72.3 Å². The lowest BCUT2D eigenvalue weighted by molar-refractivity contribution is 0.399. The second-order valence-electron chi connectivity index (χ2n) is 18.5. The van der Waals surface area contributed by atoms with Crippen LogP contribution in [-0.4, -0.2) is 15.2 Å². The van der Waals surface area contributed by atoms with Crippen molar-refractivity contribution in [3.63, 3.8) is 0 Å². The Kier molecular flexibility index (Phi) is 8.63. The zero-order chi connectivity index (χ0) is 35.8. The van der Waals surface area contributed by atoms with Crippen molar-refractivity contribution in [3.8, 4) is 28.0 Å². The topological polar surface area (TPSA) is 9.23 Å². The zero-order valence-electron chi connectivity index (χ0n) is 32.6. The molecule has 0 fully saturated rings. The molecule has 0 amide bonds. The van der Waals surface area contributed by atoms with Crippen molar-refractivity contribution in [3.05, 3.63) is 123 Å². The summed E-state index contributed by atoms with van der Waals surface area (Å²) in [5, 5.41) is 0. The molecule has 2 heteroatoms. The van der Waals surface area contributed by atoms with Crippen LogP contribution in [-0.2, 0) is 16.2 Å². The SMILES string of the molecule is COc1c(C(C)(C)C)cc2c(c1-c1ccccc1)C=C(C)C2[Si](C)(C)C1C(C)=Cc2c(-c3ccc(C(C)(C)C)cc3)cc(C(C)(C)C)cc21. The third-order valence-electron chi connectivity index (χ3n) is 11.3. The van der Waals surface area contributed by atoms with Crippen molar-refractivity contribution in [2.24, 2.45) is 0 Å². The highest BCUT2D eigenvalue weighted by Gasteiger charge is 2.48. The maximum absolute atomic E-state index is 6.30. The lowest BCUT2D eigenvalue weighted by atomic mass is 9.81. The maximum atomic E-state index is 6.30. The zero-order valence-corrected chi connectivity index (χ0v) is 33.6. The highest BCUT2D eigenvalue weighted by Crippen LogP contribution is 2.57. The number of hydrogen-bond donors (Lipinski definition) is 0. The van der Waals surface area contributed by atoms with Crippen LogP contribution in [0.1, 0.15) is 126 Å². The molecule has 1 nitrogen and oxygen atoms in total. The van der Waals surface area contributed by atoms with E-state index in [4.69, 9.17) is 4.74 Å². The van der Waals surface area contributed by atoms with Crippen molar-refractivity contribution >= 4 is 20.2 Å². The van der Waals surface area contributed by atoms with Gasteiger partial charge in [0.25, 0.3) is 0 Å². The average Bonchev–Trinajstić information content (AvgIpc) is 3.54. The Morgan fingerprint density at radius 2 is 1.10 bits per heavy atom. The second-order valence-corrected chi connectivity index (χ2v) is 23.3. The first kappa shape index (κ1) is 35.2. The van der Waals surface area contributed by atoms with Gasteiger partial charge in [0, 0.05) is 22.2 Å². The molecule has 0 N–H and O–H groups in total. The Balaban J connectivity index is 1.56. The van der Waals surface area contributed by atoms with Gasteiger partial charge in [-0.3, -0.25) is 0 Å². The third-order valence-corrected chi connectivity index (χ3v) is 15.8. The number of allylic oxidation sites excluding steroid dienone is 2. The van der Waals surface area contributed by atoms with Gasteiger partial charge < -0.3 is 4.74 Å². The fraction of sp³-hybridized carbons (Fsp3) is 0.404. The van der Waals surface area contributed by atoms with Crippen LogP contribution in [0.4, 0.5) is 0 Å². The molecule has 2 atom stereocenters. The first-order valence-electron chi connectivity index (χ1n) is 18.2. The molecule has 4 aromatic rings. The van der Waals surface area contributed by atoms with Gasteiger partial charge >= 0.3 is 0 Å². The van der Waals surface area contributed by atoms with Gasteiger partial charge in [0.05, 0.1) is 15.2 Å². The molecule has 2 unspecified atom stereocenters. The van der Waals surface area contributed by atoms with Gasteiger partial charge in [0.1, 0.15) is 5.75 Å². The first-order chi connectivity index (χ1) is 22.7. The summed E-state index contributed by atoms with van der Waals surface area (Å²) in [5.41, 5.74) is 19.0. The monoisotopic (exact) mass is 666 g/mol. The molecular weight excluding hydrogens is 609 g/mol. The normalized spacial score (nSPS) is 17.8. The van der Waals surface area contributed by atoms with Crippen molar-refractivity contribution in [2.45, 2.75) is 117 Å². The van der Waals surface area contributed by atoms with E-state index in [1.54, 1.807) is 0 Å². The number of fused-ring (bicyclic) bond motifs is 2. The minimum Gasteiger partial charge on any atom is -0.496 e. The van der Waals surface area contributed by atoms with Crippen LogP contribution >= 0.6 is 0 Å². The highest BCUT2D eigenvalue weighted by molar-refractivity contribution is 6.81. The van der Waals surface area contributed by atoms with Gasteiger partial charge in [-0.05, 0) is 80.2 Å². The standard InChI is InChI=1S/C47H58OSi/c1-29-24-36-35(31-20-22-33(23-21-31)45(3,4)5)26-34(46(6,7)8)27-38(36)43(29)49(13,14)44-30(2)25-37-39(44)28-40(47(9,10)11)42(48-12)41(37)32-18-16-15-17-19-32/h15-28,43-44H,1-14H3. The average molecular weight is 667 g/mol. The number of benzene rings is 4. The van der Waals surface area contributed by atoms with E-state index in [-0.39, 0.29) is 16.2 Å². The van der Waals surface area contributed by atoms with E-state index in [2.05, 4.69) is 174 Å². The second kappa shape index (κ2) is 12.0. The van der Waals surface area contributed by atoms with Gasteiger partial charge in [-0.1, -0.05) is 172 Å². The van der Waals surface area contributed by atoms with E-state index in [0.717, 1.165) is 5.75 Å². The van der Waals surface area contributed by atoms with Crippen LogP contribution in [0, 0.1) is 0 Å². The summed E-state index contributed by atoms with van der Waals surface area (Å²) in [6, 6.07) is 27.9. The van der Waals surface area contributed by atoms with Gasteiger partial charge in [0.15, 0.2) is 0 Å². The van der Waals surface area contributed by atoms with Crippen molar-refractivity contribution in [1.82, 2.24) is 0 Å². The number of hydrogen-bond acceptors (Lipinski definition) is 1. The predicted molar refractivity (Wildman–Crippen MR) is 217 cm³/mol. The molecule has 256 valence electrons. The number of rotatable bonds is 5. The van der Waals surface area contributed by atoms with E-state index < -0.39 is 8.07 Å². The minimum atomic E-state index is -2.12. The molecule has 0 aromatic heterocycles. The summed E-state index contributed by atoms with van der Waals surface area (Å²) >= 11 is 0. The molecule has 0 heterocycles. The highest BCUT2D eigenvalue weighted by atomic mass is 28.3. The Labute approximate surface area is 298 Å². The largest absolute Gasteiger partial charge is 0.496 e. The maximum Gasteiger partial charge on any atom is 0.131 e. The summed E-state index contributed by atoms with van der Waals surface area (Å²) in [6.45, 7) is 31.0. The van der Waals surface area contributed by atoms with Crippen LogP contribution in [0.5, 0.6) is 5.75 Å². The first-order valence-corrected chi connectivity index (χ1v) is 21.4. The van der Waals surface area contributed by atoms with E-state index in [0.29, 0.717) is 11.1 Å². The smallest absolute Gasteiger partial charge is 0.131 e. The molecule has 2 aliphatic carbocycles. The fourth-order valence-corrected chi connectivity index (χ4v) is 13.8. The Hall–Kier alpha value is -3.62. The van der Waals surface area contributed by atoms with Gasteiger partial charge in [-0.15, -0.1) is 0 Å². The van der Waals surface area contributed by atoms with Crippen LogP contribution in [0.3, 0.4) is 0 Å². The summed E-state index contributed by atoms with van der Waals surface area (Å²) in [7, 11) is -0.273. The molecule has 0 saturated heterocycles. The van der Waals surface area contributed by atoms with Gasteiger partial charge in [-0.25, -0.2) is 0 Å². The molecule has 0 spiro atoms. The molecule has 49 heavy (non-hydrogen) atoms. The van der Waals surface area contributed by atoms with E-state index in [9.17, 15) is 0 Å². The van der Waals surface area contributed by atoms with Crippen LogP contribution in [0.15, 0.2) is 83.9 Å². The molecule has 4 aromatic carbocycles. The Morgan fingerprint density at radius 1 is 0.571 bits per heavy atom. The lowest BCUT2D eigenvalue weighted by Crippen LogP contribution is -2.42. The molecule has 2 aliphatic rings. The van der Waals surface area contributed by atoms with Crippen LogP contribution < -0.4 is 4.74 Å². The summed E-state index contributed by atoms with van der Waals surface area (Å²) < 4.78 is 6.30. The molecular formula is C47H58OSi. The van der Waals surface area contributed by atoms with E-state index in [1.807, 2.05) is 7.11 Å². The number of methoxy groups -OCH3 is 1. The fourth-order valence-electron chi connectivity index (χ4n) is 8.91. The van der Waals surface area contributed by atoms with E-state index >= 15 is 0 Å². The van der Waals surface area contributed by atoms with Gasteiger partial charge in [0.2, 0.25) is 0 Å². The van der Waals surface area contributed by atoms with Crippen molar-refractivity contribution in [2.75, 3.05) is 7.11 Å². The van der Waals surface area contributed by atoms with Crippen LogP contribution in [0.2, 0.25) is 13.1 Å². The molecule has 0 aliphatic heterocycles. The molecule has 0 radical (unpaired) electrons. The van der Waals surface area contributed by atoms with Crippen molar-refractivity contribution < 1.29 is 4.74 Å². The summed E-state index contributed by atoms with van der Waals surface area (Å²) in [4.78, 5) is 0. The Bertz CT molecular complexity index is 1970. The van der Waals surface area contributed by atoms with Crippen LogP contribution in [0.25, 0.3) is 34.4 Å². The Morgan fingerprint density at radius 3 is 1.61 bits per heavy atom.